The largest absolute Gasteiger partial charge is 0.462 e. The predicted molar refractivity (Wildman–Crippen MR) is 108 cm³/mol. The van der Waals surface area contributed by atoms with Crippen molar-refractivity contribution in [1.29, 1.82) is 0 Å². The number of esters is 1. The van der Waals surface area contributed by atoms with E-state index in [0.29, 0.717) is 12.4 Å². The number of likely N-dealkylation sites (tertiary alicyclic amines) is 1. The number of nitrogens with zero attached hydrogens (tertiary/aromatic N) is 3. The van der Waals surface area contributed by atoms with Gasteiger partial charge >= 0.3 is 5.97 Å². The maximum atomic E-state index is 13.3. The molecule has 1 unspecified atom stereocenters. The van der Waals surface area contributed by atoms with E-state index in [-0.39, 0.29) is 35.4 Å². The number of non-ortho nitro benzene ring substituents is 1. The molecular formula is C21H20N4O5. The van der Waals surface area contributed by atoms with Gasteiger partial charge in [-0.25, -0.2) is 9.78 Å². The SMILES string of the molecule is CCOC(=O)c1cc(C(=O)N2CCCC2c2nc3ccccc3[nH]2)cc([N+](=O)[O-])c1. The number of imidazole rings is 1. The Morgan fingerprint density at radius 1 is 1.27 bits per heavy atom. The molecule has 1 fully saturated rings. The van der Waals surface area contributed by atoms with Crippen LogP contribution in [0.3, 0.4) is 0 Å². The van der Waals surface area contributed by atoms with Crippen LogP contribution >= 0.6 is 0 Å². The Morgan fingerprint density at radius 3 is 2.77 bits per heavy atom. The van der Waals surface area contributed by atoms with Crippen LogP contribution < -0.4 is 0 Å². The summed E-state index contributed by atoms with van der Waals surface area (Å²) in [4.78, 5) is 45.6. The van der Waals surface area contributed by atoms with Gasteiger partial charge in [-0.2, -0.15) is 0 Å². The third-order valence-corrected chi connectivity index (χ3v) is 5.12. The normalized spacial score (nSPS) is 16.0. The first kappa shape index (κ1) is 19.6. The molecular weight excluding hydrogens is 388 g/mol. The van der Waals surface area contributed by atoms with Gasteiger partial charge in [-0.05, 0) is 38.0 Å². The average molecular weight is 408 g/mol. The number of nitro benzene ring substituents is 1. The molecule has 0 spiro atoms. The fraction of sp³-hybridized carbons (Fsp3) is 0.286. The highest BCUT2D eigenvalue weighted by atomic mass is 16.6. The van der Waals surface area contributed by atoms with Crippen LogP contribution in [0.2, 0.25) is 0 Å². The molecule has 1 N–H and O–H groups in total. The van der Waals surface area contributed by atoms with Crippen molar-refractivity contribution >= 4 is 28.6 Å². The number of ether oxygens (including phenoxy) is 1. The Labute approximate surface area is 171 Å². The average Bonchev–Trinajstić information content (AvgIpc) is 3.39. The zero-order chi connectivity index (χ0) is 21.3. The first-order chi connectivity index (χ1) is 14.5. The molecule has 2 heterocycles. The van der Waals surface area contributed by atoms with Gasteiger partial charge in [-0.15, -0.1) is 0 Å². The molecule has 1 amide bonds. The summed E-state index contributed by atoms with van der Waals surface area (Å²) in [5, 5.41) is 11.3. The lowest BCUT2D eigenvalue weighted by molar-refractivity contribution is -0.384. The molecule has 1 aliphatic heterocycles. The second-order valence-corrected chi connectivity index (χ2v) is 7.04. The van der Waals surface area contributed by atoms with E-state index in [4.69, 9.17) is 4.74 Å². The molecule has 3 aromatic rings. The quantitative estimate of drug-likeness (QED) is 0.391. The van der Waals surface area contributed by atoms with Crippen LogP contribution in [0.5, 0.6) is 0 Å². The number of carbonyl (C=O) groups is 2. The van der Waals surface area contributed by atoms with Crippen LogP contribution in [0, 0.1) is 10.1 Å². The molecule has 1 saturated heterocycles. The molecule has 0 aliphatic carbocycles. The van der Waals surface area contributed by atoms with E-state index in [9.17, 15) is 19.7 Å². The smallest absolute Gasteiger partial charge is 0.338 e. The van der Waals surface area contributed by atoms with Crippen molar-refractivity contribution in [3.05, 3.63) is 69.5 Å². The molecule has 9 heteroatoms. The number of fused-ring (bicyclic) bond motifs is 1. The molecule has 9 nitrogen and oxygen atoms in total. The summed E-state index contributed by atoms with van der Waals surface area (Å²) in [5.74, 6) is -0.407. The Bertz CT molecular complexity index is 1110. The minimum Gasteiger partial charge on any atom is -0.462 e. The van der Waals surface area contributed by atoms with E-state index in [2.05, 4.69) is 9.97 Å². The zero-order valence-electron chi connectivity index (χ0n) is 16.3. The van der Waals surface area contributed by atoms with E-state index in [1.807, 2.05) is 24.3 Å². The van der Waals surface area contributed by atoms with Gasteiger partial charge in [-0.1, -0.05) is 12.1 Å². The number of aromatic amines is 1. The standard InChI is InChI=1S/C21H20N4O5/c1-2-30-21(27)14-10-13(11-15(12-14)25(28)29)20(26)24-9-5-8-18(24)19-22-16-6-3-4-7-17(16)23-19/h3-4,6-7,10-12,18H,2,5,8-9H2,1H3,(H,22,23). The van der Waals surface area contributed by atoms with Gasteiger partial charge in [0.2, 0.25) is 0 Å². The van der Waals surface area contributed by atoms with Crippen LogP contribution in [-0.4, -0.2) is 44.8 Å². The molecule has 4 rings (SSSR count). The highest BCUT2D eigenvalue weighted by Gasteiger charge is 2.33. The molecule has 1 aromatic heterocycles. The maximum absolute atomic E-state index is 13.3. The van der Waals surface area contributed by atoms with E-state index in [0.717, 1.165) is 29.9 Å². The topological polar surface area (TPSA) is 118 Å². The Balaban J connectivity index is 1.68. The molecule has 154 valence electrons. The third kappa shape index (κ3) is 3.61. The van der Waals surface area contributed by atoms with Crippen molar-refractivity contribution in [3.8, 4) is 0 Å². The lowest BCUT2D eigenvalue weighted by atomic mass is 10.1. The Morgan fingerprint density at radius 2 is 2.03 bits per heavy atom. The number of para-hydroxylation sites is 2. The van der Waals surface area contributed by atoms with E-state index in [1.165, 1.54) is 12.1 Å². The number of hydrogen-bond donors (Lipinski definition) is 1. The fourth-order valence-electron chi connectivity index (χ4n) is 3.76. The minimum atomic E-state index is -0.703. The summed E-state index contributed by atoms with van der Waals surface area (Å²) >= 11 is 0. The van der Waals surface area contributed by atoms with Crippen molar-refractivity contribution in [2.24, 2.45) is 0 Å². The molecule has 1 atom stereocenters. The van der Waals surface area contributed by atoms with Crippen LogP contribution in [0.25, 0.3) is 11.0 Å². The number of hydrogen-bond acceptors (Lipinski definition) is 6. The lowest BCUT2D eigenvalue weighted by Gasteiger charge is -2.23. The summed E-state index contributed by atoms with van der Waals surface area (Å²) in [6, 6.07) is 11.0. The number of amides is 1. The highest BCUT2D eigenvalue weighted by molar-refractivity contribution is 5.99. The number of benzene rings is 2. The molecule has 30 heavy (non-hydrogen) atoms. The number of carbonyl (C=O) groups excluding carboxylic acids is 2. The van der Waals surface area contributed by atoms with Crippen LogP contribution in [-0.2, 0) is 4.74 Å². The van der Waals surface area contributed by atoms with Gasteiger partial charge < -0.3 is 14.6 Å². The van der Waals surface area contributed by atoms with Gasteiger partial charge in [0.25, 0.3) is 11.6 Å². The Kier molecular flexibility index (Phi) is 5.18. The minimum absolute atomic E-state index is 0.0196. The Hall–Kier alpha value is -3.75. The summed E-state index contributed by atoms with van der Waals surface area (Å²) in [7, 11) is 0. The monoisotopic (exact) mass is 408 g/mol. The van der Waals surface area contributed by atoms with Gasteiger partial charge in [0.15, 0.2) is 0 Å². The second-order valence-electron chi connectivity index (χ2n) is 7.04. The van der Waals surface area contributed by atoms with E-state index >= 15 is 0 Å². The summed E-state index contributed by atoms with van der Waals surface area (Å²) in [6.45, 7) is 2.27. The molecule has 2 aromatic carbocycles. The third-order valence-electron chi connectivity index (χ3n) is 5.12. The van der Waals surface area contributed by atoms with Gasteiger partial charge in [0.05, 0.1) is 34.2 Å². The molecule has 0 bridgehead atoms. The van der Waals surface area contributed by atoms with Crippen molar-refractivity contribution in [3.63, 3.8) is 0 Å². The van der Waals surface area contributed by atoms with Crippen LogP contribution in [0.1, 0.15) is 52.3 Å². The number of aromatic nitrogens is 2. The highest BCUT2D eigenvalue weighted by Crippen LogP contribution is 2.33. The fourth-order valence-corrected chi connectivity index (χ4v) is 3.76. The number of nitrogens with one attached hydrogen (secondary N) is 1. The van der Waals surface area contributed by atoms with Crippen molar-refractivity contribution in [2.45, 2.75) is 25.8 Å². The van der Waals surface area contributed by atoms with E-state index in [1.54, 1.807) is 11.8 Å². The first-order valence-electron chi connectivity index (χ1n) is 9.70. The van der Waals surface area contributed by atoms with Crippen LogP contribution in [0.15, 0.2) is 42.5 Å². The maximum Gasteiger partial charge on any atom is 0.338 e. The second kappa shape index (κ2) is 7.94. The summed E-state index contributed by atoms with van der Waals surface area (Å²) < 4.78 is 4.95. The molecule has 0 saturated carbocycles. The van der Waals surface area contributed by atoms with Crippen molar-refractivity contribution in [1.82, 2.24) is 14.9 Å². The zero-order valence-corrected chi connectivity index (χ0v) is 16.3. The molecule has 0 radical (unpaired) electrons. The van der Waals surface area contributed by atoms with E-state index < -0.39 is 10.9 Å². The van der Waals surface area contributed by atoms with Gasteiger partial charge in [-0.3, -0.25) is 14.9 Å². The predicted octanol–water partition coefficient (Wildman–Crippen LogP) is 3.63. The van der Waals surface area contributed by atoms with Gasteiger partial charge in [0, 0.05) is 24.2 Å². The lowest BCUT2D eigenvalue weighted by Crippen LogP contribution is -2.31. The number of H-pyrrole nitrogens is 1. The van der Waals surface area contributed by atoms with Crippen LogP contribution in [0.4, 0.5) is 5.69 Å². The summed E-state index contributed by atoms with van der Waals surface area (Å²) in [5.41, 5.74) is 1.42. The summed E-state index contributed by atoms with van der Waals surface area (Å²) in [6.07, 6.45) is 1.51. The number of nitro groups is 1. The van der Waals surface area contributed by atoms with Gasteiger partial charge in [0.1, 0.15) is 5.82 Å². The first-order valence-corrected chi connectivity index (χ1v) is 9.70. The number of rotatable bonds is 5. The molecule has 1 aliphatic rings. The van der Waals surface area contributed by atoms with Crippen molar-refractivity contribution in [2.75, 3.05) is 13.2 Å². The van der Waals surface area contributed by atoms with Crippen molar-refractivity contribution < 1.29 is 19.2 Å².